The number of amides is 1. The molecule has 0 atom stereocenters. The zero-order valence-electron chi connectivity index (χ0n) is 16.2. The number of ether oxygens (including phenoxy) is 1. The topological polar surface area (TPSA) is 77.4 Å². The average molecular weight is 370 g/mol. The van der Waals surface area contributed by atoms with Gasteiger partial charge in [-0.3, -0.25) is 14.4 Å². The van der Waals surface area contributed by atoms with Gasteiger partial charge in [-0.1, -0.05) is 26.0 Å². The number of rotatable bonds is 7. The maximum absolute atomic E-state index is 12.7. The summed E-state index contributed by atoms with van der Waals surface area (Å²) in [5.74, 6) is -0.343. The molecule has 1 heterocycles. The van der Waals surface area contributed by atoms with Crippen molar-refractivity contribution in [2.75, 3.05) is 12.4 Å². The summed E-state index contributed by atoms with van der Waals surface area (Å²) in [5, 5.41) is 2.76. The Morgan fingerprint density at radius 1 is 1.22 bits per heavy atom. The van der Waals surface area contributed by atoms with Crippen molar-refractivity contribution in [2.24, 2.45) is 5.92 Å². The number of nitrogens with zero attached hydrogens (tertiary/aromatic N) is 1. The molecule has 1 amide bonds. The average Bonchev–Trinajstić information content (AvgIpc) is 2.61. The van der Waals surface area contributed by atoms with E-state index in [2.05, 4.69) is 23.9 Å². The van der Waals surface area contributed by atoms with Crippen molar-refractivity contribution in [1.82, 2.24) is 4.57 Å². The van der Waals surface area contributed by atoms with Crippen LogP contribution in [0, 0.1) is 12.8 Å². The van der Waals surface area contributed by atoms with Crippen LogP contribution in [0.15, 0.2) is 41.3 Å². The van der Waals surface area contributed by atoms with Gasteiger partial charge in [0.05, 0.1) is 13.5 Å². The van der Waals surface area contributed by atoms with Gasteiger partial charge in [-0.25, -0.2) is 0 Å². The van der Waals surface area contributed by atoms with Crippen molar-refractivity contribution in [3.63, 3.8) is 0 Å². The summed E-state index contributed by atoms with van der Waals surface area (Å²) in [7, 11) is 1.33. The number of methoxy groups -OCH3 is 1. The SMILES string of the molecule is COC(=O)Cc1cccc(NC(=O)c2c(C)ccn(CCC(C)C)c2=O)c1. The van der Waals surface area contributed by atoms with Crippen LogP contribution < -0.4 is 10.9 Å². The Kier molecular flexibility index (Phi) is 6.93. The first kappa shape index (κ1) is 20.4. The maximum Gasteiger partial charge on any atom is 0.309 e. The van der Waals surface area contributed by atoms with Crippen LogP contribution in [-0.2, 0) is 22.5 Å². The molecule has 27 heavy (non-hydrogen) atoms. The number of hydrogen-bond acceptors (Lipinski definition) is 4. The van der Waals surface area contributed by atoms with Crippen LogP contribution in [0.1, 0.15) is 41.8 Å². The predicted molar refractivity (Wildman–Crippen MR) is 105 cm³/mol. The molecule has 0 unspecified atom stereocenters. The minimum absolute atomic E-state index is 0.118. The molecule has 1 aromatic heterocycles. The fraction of sp³-hybridized carbons (Fsp3) is 0.381. The maximum atomic E-state index is 12.7. The number of aryl methyl sites for hydroxylation is 2. The normalized spacial score (nSPS) is 10.7. The smallest absolute Gasteiger partial charge is 0.309 e. The quantitative estimate of drug-likeness (QED) is 0.760. The van der Waals surface area contributed by atoms with E-state index in [1.165, 1.54) is 7.11 Å². The summed E-state index contributed by atoms with van der Waals surface area (Å²) >= 11 is 0. The van der Waals surface area contributed by atoms with E-state index in [1.807, 2.05) is 0 Å². The van der Waals surface area contributed by atoms with E-state index in [0.717, 1.165) is 12.0 Å². The van der Waals surface area contributed by atoms with Crippen molar-refractivity contribution in [1.29, 1.82) is 0 Å². The Balaban J connectivity index is 2.23. The first-order valence-corrected chi connectivity index (χ1v) is 8.99. The first-order chi connectivity index (χ1) is 12.8. The second-order valence-electron chi connectivity index (χ2n) is 6.96. The summed E-state index contributed by atoms with van der Waals surface area (Å²) in [6.45, 7) is 6.50. The van der Waals surface area contributed by atoms with Crippen LogP contribution in [0.2, 0.25) is 0 Å². The van der Waals surface area contributed by atoms with E-state index in [4.69, 9.17) is 0 Å². The van der Waals surface area contributed by atoms with Crippen LogP contribution in [0.4, 0.5) is 5.69 Å². The summed E-state index contributed by atoms with van der Waals surface area (Å²) in [5.41, 5.74) is 1.72. The number of aromatic nitrogens is 1. The summed E-state index contributed by atoms with van der Waals surface area (Å²) in [6.07, 6.45) is 2.71. The molecule has 0 aliphatic rings. The van der Waals surface area contributed by atoms with Crippen molar-refractivity contribution in [3.8, 4) is 0 Å². The Morgan fingerprint density at radius 2 is 1.96 bits per heavy atom. The van der Waals surface area contributed by atoms with Gasteiger partial charge < -0.3 is 14.6 Å². The molecule has 2 rings (SSSR count). The lowest BCUT2D eigenvalue weighted by Gasteiger charge is -2.12. The Bertz CT molecular complexity index is 884. The zero-order valence-corrected chi connectivity index (χ0v) is 16.2. The fourth-order valence-electron chi connectivity index (χ4n) is 2.71. The summed E-state index contributed by atoms with van der Waals surface area (Å²) < 4.78 is 6.24. The highest BCUT2D eigenvalue weighted by molar-refractivity contribution is 6.05. The molecule has 6 heteroatoms. The summed E-state index contributed by atoms with van der Waals surface area (Å²) in [4.78, 5) is 36.9. The van der Waals surface area contributed by atoms with E-state index < -0.39 is 5.91 Å². The molecule has 0 saturated heterocycles. The highest BCUT2D eigenvalue weighted by Gasteiger charge is 2.16. The highest BCUT2D eigenvalue weighted by atomic mass is 16.5. The molecule has 0 fully saturated rings. The number of carbonyl (C=O) groups excluding carboxylic acids is 2. The molecule has 0 aliphatic heterocycles. The minimum atomic E-state index is -0.452. The third-order valence-electron chi connectivity index (χ3n) is 4.31. The lowest BCUT2D eigenvalue weighted by Crippen LogP contribution is -2.30. The number of nitrogens with one attached hydrogen (secondary N) is 1. The van der Waals surface area contributed by atoms with Gasteiger partial charge in [-0.2, -0.15) is 0 Å². The van der Waals surface area contributed by atoms with Gasteiger partial charge in [0.15, 0.2) is 0 Å². The van der Waals surface area contributed by atoms with Crippen LogP contribution in [0.3, 0.4) is 0 Å². The molecular formula is C21H26N2O4. The summed E-state index contributed by atoms with van der Waals surface area (Å²) in [6, 6.07) is 8.72. The third kappa shape index (κ3) is 5.54. The first-order valence-electron chi connectivity index (χ1n) is 8.99. The van der Waals surface area contributed by atoms with Gasteiger partial charge in [0, 0.05) is 18.4 Å². The van der Waals surface area contributed by atoms with E-state index in [0.29, 0.717) is 23.7 Å². The fourth-order valence-corrected chi connectivity index (χ4v) is 2.71. The molecule has 6 nitrogen and oxygen atoms in total. The van der Waals surface area contributed by atoms with Crippen LogP contribution >= 0.6 is 0 Å². The van der Waals surface area contributed by atoms with E-state index in [9.17, 15) is 14.4 Å². The van der Waals surface area contributed by atoms with Crippen molar-refractivity contribution in [2.45, 2.75) is 40.2 Å². The number of carbonyl (C=O) groups is 2. The van der Waals surface area contributed by atoms with Crippen LogP contribution in [-0.4, -0.2) is 23.6 Å². The molecule has 0 spiro atoms. The van der Waals surface area contributed by atoms with Crippen molar-refractivity contribution in [3.05, 3.63) is 63.6 Å². The minimum Gasteiger partial charge on any atom is -0.469 e. The van der Waals surface area contributed by atoms with Gasteiger partial charge in [-0.05, 0) is 48.6 Å². The second kappa shape index (κ2) is 9.16. The highest BCUT2D eigenvalue weighted by Crippen LogP contribution is 2.14. The molecule has 0 aliphatic carbocycles. The van der Waals surface area contributed by atoms with Crippen LogP contribution in [0.25, 0.3) is 0 Å². The van der Waals surface area contributed by atoms with E-state index in [1.54, 1.807) is 48.0 Å². The molecule has 2 aromatic rings. The van der Waals surface area contributed by atoms with Crippen molar-refractivity contribution >= 4 is 17.6 Å². The van der Waals surface area contributed by atoms with E-state index >= 15 is 0 Å². The van der Waals surface area contributed by atoms with Gasteiger partial charge >= 0.3 is 5.97 Å². The van der Waals surface area contributed by atoms with Crippen LogP contribution in [0.5, 0.6) is 0 Å². The number of benzene rings is 1. The third-order valence-corrected chi connectivity index (χ3v) is 4.31. The molecule has 0 radical (unpaired) electrons. The van der Waals surface area contributed by atoms with Gasteiger partial charge in [0.25, 0.3) is 11.5 Å². The molecular weight excluding hydrogens is 344 g/mol. The Hall–Kier alpha value is -2.89. The van der Waals surface area contributed by atoms with Gasteiger partial charge in [-0.15, -0.1) is 0 Å². The Labute approximate surface area is 159 Å². The second-order valence-corrected chi connectivity index (χ2v) is 6.96. The number of hydrogen-bond donors (Lipinski definition) is 1. The van der Waals surface area contributed by atoms with E-state index in [-0.39, 0.29) is 23.5 Å². The van der Waals surface area contributed by atoms with Crippen molar-refractivity contribution < 1.29 is 14.3 Å². The zero-order chi connectivity index (χ0) is 20.0. The Morgan fingerprint density at radius 3 is 2.63 bits per heavy atom. The monoisotopic (exact) mass is 370 g/mol. The van der Waals surface area contributed by atoms with Gasteiger partial charge in [0.1, 0.15) is 5.56 Å². The molecule has 1 N–H and O–H groups in total. The number of pyridine rings is 1. The molecule has 0 bridgehead atoms. The number of anilines is 1. The van der Waals surface area contributed by atoms with Gasteiger partial charge in [0.2, 0.25) is 0 Å². The largest absolute Gasteiger partial charge is 0.469 e. The molecule has 0 saturated carbocycles. The lowest BCUT2D eigenvalue weighted by molar-refractivity contribution is -0.139. The predicted octanol–water partition coefficient (Wildman–Crippen LogP) is 3.17. The lowest BCUT2D eigenvalue weighted by atomic mass is 10.1. The molecule has 144 valence electrons. The number of esters is 1. The molecule has 1 aromatic carbocycles. The standard InChI is InChI=1S/C21H26N2O4/c1-14(2)8-10-23-11-9-15(3)19(21(23)26)20(25)22-17-7-5-6-16(12-17)13-18(24)27-4/h5-7,9,11-12,14H,8,10,13H2,1-4H3,(H,22,25).